The van der Waals surface area contributed by atoms with Gasteiger partial charge in [-0.2, -0.15) is 0 Å². The molecule has 13 heavy (non-hydrogen) atoms. The molecule has 0 spiro atoms. The van der Waals surface area contributed by atoms with Crippen LogP contribution in [-0.4, -0.2) is 5.78 Å². The van der Waals surface area contributed by atoms with E-state index in [2.05, 4.69) is 6.08 Å². The molecule has 0 atom stereocenters. The Morgan fingerprint density at radius 2 is 1.77 bits per heavy atom. The first-order chi connectivity index (χ1) is 5.77. The van der Waals surface area contributed by atoms with Crippen LogP contribution in [0.25, 0.3) is 0 Å². The number of hydrogen-bond donors (Lipinski definition) is 0. The second kappa shape index (κ2) is 10.9. The molecule has 0 aromatic rings. The van der Waals surface area contributed by atoms with Crippen LogP contribution in [0.2, 0.25) is 0 Å². The first-order valence-electron chi connectivity index (χ1n) is 4.22. The molecule has 0 aromatic carbocycles. The van der Waals surface area contributed by atoms with Gasteiger partial charge in [0.05, 0.1) is 0 Å². The van der Waals surface area contributed by atoms with Crippen LogP contribution in [0.3, 0.4) is 0 Å². The smallest absolute Gasteiger partial charge is 0.152 e. The lowest BCUT2D eigenvalue weighted by Gasteiger charge is -1.84. The van der Waals surface area contributed by atoms with E-state index in [0.717, 1.165) is 12.8 Å². The number of carbonyl (C=O) groups is 1. The van der Waals surface area contributed by atoms with Crippen LogP contribution in [0.15, 0.2) is 36.5 Å². The zero-order valence-electron chi connectivity index (χ0n) is 7.79. The van der Waals surface area contributed by atoms with E-state index in [1.165, 1.54) is 0 Å². The number of ketones is 1. The standard InChI is InChI=1S/C11H16O.CH4/c1-3-4-5-6-7-8-9-10-11(2)12;/h3-6,9-10H,7-8H2,1-2H3;1H4/b4-3+,6-5-,10-9+;. The van der Waals surface area contributed by atoms with Crippen LogP contribution in [0.5, 0.6) is 0 Å². The van der Waals surface area contributed by atoms with Crippen molar-refractivity contribution in [3.05, 3.63) is 36.5 Å². The average molecular weight is 180 g/mol. The van der Waals surface area contributed by atoms with Crippen molar-refractivity contribution in [1.82, 2.24) is 0 Å². The first-order valence-corrected chi connectivity index (χ1v) is 4.22. The lowest BCUT2D eigenvalue weighted by molar-refractivity contribution is -0.112. The molecular weight excluding hydrogens is 160 g/mol. The van der Waals surface area contributed by atoms with Crippen LogP contribution >= 0.6 is 0 Å². The molecule has 0 saturated heterocycles. The fraction of sp³-hybridized carbons (Fsp3) is 0.417. The van der Waals surface area contributed by atoms with Gasteiger partial charge in [0.2, 0.25) is 0 Å². The van der Waals surface area contributed by atoms with E-state index in [4.69, 9.17) is 0 Å². The predicted octanol–water partition coefficient (Wildman–Crippen LogP) is 3.68. The Kier molecular flexibility index (Phi) is 12.1. The van der Waals surface area contributed by atoms with Gasteiger partial charge in [-0.25, -0.2) is 0 Å². The van der Waals surface area contributed by atoms with E-state index in [1.54, 1.807) is 13.0 Å². The van der Waals surface area contributed by atoms with Crippen LogP contribution < -0.4 is 0 Å². The first kappa shape index (κ1) is 14.4. The van der Waals surface area contributed by atoms with E-state index in [1.807, 2.05) is 31.2 Å². The van der Waals surface area contributed by atoms with Gasteiger partial charge in [-0.1, -0.05) is 37.8 Å². The van der Waals surface area contributed by atoms with Gasteiger partial charge in [0, 0.05) is 0 Å². The molecule has 0 radical (unpaired) electrons. The molecule has 0 aliphatic carbocycles. The zero-order chi connectivity index (χ0) is 9.23. The van der Waals surface area contributed by atoms with Gasteiger partial charge in [0.25, 0.3) is 0 Å². The second-order valence-corrected chi connectivity index (χ2v) is 2.54. The van der Waals surface area contributed by atoms with E-state index in [-0.39, 0.29) is 13.2 Å². The molecule has 0 saturated carbocycles. The Balaban J connectivity index is 0. The molecular formula is C12H20O. The van der Waals surface area contributed by atoms with Crippen molar-refractivity contribution in [2.24, 2.45) is 0 Å². The van der Waals surface area contributed by atoms with Crippen molar-refractivity contribution in [2.75, 3.05) is 0 Å². The van der Waals surface area contributed by atoms with E-state index in [0.29, 0.717) is 0 Å². The number of rotatable bonds is 5. The van der Waals surface area contributed by atoms with E-state index < -0.39 is 0 Å². The monoisotopic (exact) mass is 180 g/mol. The minimum Gasteiger partial charge on any atom is -0.295 e. The highest BCUT2D eigenvalue weighted by Crippen LogP contribution is 1.93. The third kappa shape index (κ3) is 13.8. The Morgan fingerprint density at radius 1 is 1.15 bits per heavy atom. The van der Waals surface area contributed by atoms with Crippen LogP contribution in [-0.2, 0) is 4.79 Å². The summed E-state index contributed by atoms with van der Waals surface area (Å²) < 4.78 is 0. The van der Waals surface area contributed by atoms with Crippen LogP contribution in [0.4, 0.5) is 0 Å². The summed E-state index contributed by atoms with van der Waals surface area (Å²) in [4.78, 5) is 10.5. The van der Waals surface area contributed by atoms with Gasteiger partial charge in [-0.15, -0.1) is 0 Å². The normalized spacial score (nSPS) is 11.2. The molecule has 0 aliphatic rings. The maximum atomic E-state index is 10.5. The fourth-order valence-corrected chi connectivity index (χ4v) is 0.728. The topological polar surface area (TPSA) is 17.1 Å². The molecule has 0 bridgehead atoms. The van der Waals surface area contributed by atoms with Crippen molar-refractivity contribution in [1.29, 1.82) is 0 Å². The van der Waals surface area contributed by atoms with Gasteiger partial charge in [0.15, 0.2) is 5.78 Å². The maximum Gasteiger partial charge on any atom is 0.152 e. The minimum absolute atomic E-state index is 0. The highest BCUT2D eigenvalue weighted by molar-refractivity contribution is 5.87. The third-order valence-corrected chi connectivity index (χ3v) is 1.29. The number of allylic oxidation sites excluding steroid dienone is 6. The van der Waals surface area contributed by atoms with Crippen molar-refractivity contribution >= 4 is 5.78 Å². The summed E-state index contributed by atoms with van der Waals surface area (Å²) in [7, 11) is 0. The Morgan fingerprint density at radius 3 is 2.31 bits per heavy atom. The van der Waals surface area contributed by atoms with Gasteiger partial charge < -0.3 is 0 Å². The molecule has 0 amide bonds. The van der Waals surface area contributed by atoms with E-state index >= 15 is 0 Å². The van der Waals surface area contributed by atoms with Gasteiger partial charge >= 0.3 is 0 Å². The molecule has 0 aromatic heterocycles. The maximum absolute atomic E-state index is 10.5. The van der Waals surface area contributed by atoms with Crippen molar-refractivity contribution in [3.8, 4) is 0 Å². The molecule has 0 aliphatic heterocycles. The third-order valence-electron chi connectivity index (χ3n) is 1.29. The van der Waals surface area contributed by atoms with Crippen LogP contribution in [0.1, 0.15) is 34.1 Å². The zero-order valence-corrected chi connectivity index (χ0v) is 7.79. The molecule has 1 heteroatoms. The summed E-state index contributed by atoms with van der Waals surface area (Å²) in [6, 6.07) is 0. The number of carbonyl (C=O) groups excluding carboxylic acids is 1. The molecule has 1 nitrogen and oxygen atoms in total. The van der Waals surface area contributed by atoms with Gasteiger partial charge in [-0.05, 0) is 32.8 Å². The molecule has 74 valence electrons. The summed E-state index contributed by atoms with van der Waals surface area (Å²) in [6.45, 7) is 3.55. The summed E-state index contributed by atoms with van der Waals surface area (Å²) in [5, 5.41) is 0. The van der Waals surface area contributed by atoms with Crippen molar-refractivity contribution in [2.45, 2.75) is 34.1 Å². The quantitative estimate of drug-likeness (QED) is 0.358. The summed E-state index contributed by atoms with van der Waals surface area (Å²) in [6.07, 6.45) is 13.5. The van der Waals surface area contributed by atoms with Gasteiger partial charge in [-0.3, -0.25) is 4.79 Å². The summed E-state index contributed by atoms with van der Waals surface area (Å²) in [5.41, 5.74) is 0. The Bertz CT molecular complexity index is 197. The van der Waals surface area contributed by atoms with Gasteiger partial charge in [0.1, 0.15) is 0 Å². The fourth-order valence-electron chi connectivity index (χ4n) is 0.728. The van der Waals surface area contributed by atoms with E-state index in [9.17, 15) is 4.79 Å². The number of hydrogen-bond acceptors (Lipinski definition) is 1. The summed E-state index contributed by atoms with van der Waals surface area (Å²) in [5.74, 6) is 0.118. The highest BCUT2D eigenvalue weighted by Gasteiger charge is 1.80. The Hall–Kier alpha value is -1.11. The lowest BCUT2D eigenvalue weighted by atomic mass is 10.2. The molecule has 0 fully saturated rings. The lowest BCUT2D eigenvalue weighted by Crippen LogP contribution is -1.78. The molecule has 0 rings (SSSR count). The largest absolute Gasteiger partial charge is 0.295 e. The average Bonchev–Trinajstić information content (AvgIpc) is 2.02. The predicted molar refractivity (Wildman–Crippen MR) is 59.7 cm³/mol. The van der Waals surface area contributed by atoms with Crippen molar-refractivity contribution < 1.29 is 4.79 Å². The highest BCUT2D eigenvalue weighted by atomic mass is 16.1. The number of unbranched alkanes of at least 4 members (excludes halogenated alkanes) is 1. The minimum atomic E-state index is 0. The SMILES string of the molecule is C.C/C=C/C=C\CC/C=C/C(C)=O. The molecule has 0 unspecified atom stereocenters. The molecule has 0 N–H and O–H groups in total. The molecule has 0 heterocycles. The second-order valence-electron chi connectivity index (χ2n) is 2.54. The Labute approximate surface area is 81.9 Å². The van der Waals surface area contributed by atoms with Crippen molar-refractivity contribution in [3.63, 3.8) is 0 Å². The van der Waals surface area contributed by atoms with Crippen LogP contribution in [0, 0.1) is 0 Å². The summed E-state index contributed by atoms with van der Waals surface area (Å²) >= 11 is 0.